The number of hydrogen-bond acceptors (Lipinski definition) is 5. The highest BCUT2D eigenvalue weighted by Gasteiger charge is 2.37. The molecule has 30 heavy (non-hydrogen) atoms. The molecule has 0 N–H and O–H groups in total. The van der Waals surface area contributed by atoms with E-state index in [0.29, 0.717) is 31.1 Å². The molecule has 1 aliphatic carbocycles. The number of aromatic nitrogens is 2. The number of aryl methyl sites for hydroxylation is 1. The summed E-state index contributed by atoms with van der Waals surface area (Å²) >= 11 is 0. The molecule has 0 unspecified atom stereocenters. The quantitative estimate of drug-likeness (QED) is 0.778. The van der Waals surface area contributed by atoms with Gasteiger partial charge in [-0.15, -0.1) is 0 Å². The molecule has 2 aromatic rings. The molecule has 2 fully saturated rings. The number of pyridine rings is 2. The van der Waals surface area contributed by atoms with E-state index in [-0.39, 0.29) is 23.4 Å². The summed E-state index contributed by atoms with van der Waals surface area (Å²) in [6, 6.07) is 7.14. The fourth-order valence-corrected chi connectivity index (χ4v) is 4.53. The van der Waals surface area contributed by atoms with Crippen molar-refractivity contribution in [2.45, 2.75) is 51.6 Å². The first-order valence-electron chi connectivity index (χ1n) is 10.5. The van der Waals surface area contributed by atoms with Crippen molar-refractivity contribution in [2.75, 3.05) is 6.61 Å². The first-order chi connectivity index (χ1) is 14.5. The normalized spacial score (nSPS) is 23.9. The SMILES string of the molecule is Cc1ccc(=O)n(CC2CCC(C(=O)N3OCC[C@H]3c3cncc(C#N)c3)CC2)c1. The monoisotopic (exact) mass is 406 g/mol. The maximum atomic E-state index is 13.2. The zero-order valence-electron chi connectivity index (χ0n) is 17.2. The van der Waals surface area contributed by atoms with Crippen LogP contribution in [0.15, 0.2) is 41.6 Å². The first kappa shape index (κ1) is 20.3. The molecule has 2 aliphatic rings. The van der Waals surface area contributed by atoms with Crippen LogP contribution in [0.4, 0.5) is 0 Å². The maximum Gasteiger partial charge on any atom is 0.250 e. The van der Waals surface area contributed by atoms with Crippen LogP contribution >= 0.6 is 0 Å². The summed E-state index contributed by atoms with van der Waals surface area (Å²) < 4.78 is 1.79. The summed E-state index contributed by atoms with van der Waals surface area (Å²) in [5.41, 5.74) is 2.43. The van der Waals surface area contributed by atoms with Gasteiger partial charge >= 0.3 is 0 Å². The number of carbonyl (C=O) groups is 1. The molecule has 0 radical (unpaired) electrons. The molecule has 1 saturated heterocycles. The van der Waals surface area contributed by atoms with Crippen LogP contribution in [0.1, 0.15) is 54.8 Å². The lowest BCUT2D eigenvalue weighted by Crippen LogP contribution is -2.37. The number of rotatable bonds is 4. The van der Waals surface area contributed by atoms with E-state index < -0.39 is 0 Å². The standard InChI is InChI=1S/C23H26N4O3/c1-16-2-7-22(28)26(14-16)15-17-3-5-19(6-4-17)23(29)27-21(8-9-30-27)20-10-18(11-24)12-25-13-20/h2,7,10,12-14,17,19,21H,3-6,8-9,15H2,1H3/t17?,19?,21-/m0/s1. The van der Waals surface area contributed by atoms with Gasteiger partial charge in [-0.2, -0.15) is 5.26 Å². The van der Waals surface area contributed by atoms with E-state index in [9.17, 15) is 9.59 Å². The van der Waals surface area contributed by atoms with Gasteiger partial charge in [0.2, 0.25) is 5.91 Å². The highest BCUT2D eigenvalue weighted by molar-refractivity contribution is 5.78. The molecule has 1 amide bonds. The Morgan fingerprint density at radius 1 is 1.23 bits per heavy atom. The molecule has 1 atom stereocenters. The topological polar surface area (TPSA) is 88.2 Å². The smallest absolute Gasteiger partial charge is 0.250 e. The minimum Gasteiger partial charge on any atom is -0.315 e. The van der Waals surface area contributed by atoms with Crippen molar-refractivity contribution < 1.29 is 9.63 Å². The van der Waals surface area contributed by atoms with Crippen LogP contribution in [-0.4, -0.2) is 27.1 Å². The second-order valence-electron chi connectivity index (χ2n) is 8.34. The third kappa shape index (κ3) is 4.29. The number of hydroxylamine groups is 2. The summed E-state index contributed by atoms with van der Waals surface area (Å²) in [7, 11) is 0. The van der Waals surface area contributed by atoms with Crippen molar-refractivity contribution in [3.63, 3.8) is 0 Å². The molecule has 4 rings (SSSR count). The lowest BCUT2D eigenvalue weighted by Gasteiger charge is -2.32. The number of hydrogen-bond donors (Lipinski definition) is 0. The Balaban J connectivity index is 1.38. The Labute approximate surface area is 175 Å². The summed E-state index contributed by atoms with van der Waals surface area (Å²) in [4.78, 5) is 35.0. The van der Waals surface area contributed by atoms with Crippen LogP contribution in [0.3, 0.4) is 0 Å². The number of carbonyl (C=O) groups excluding carboxylic acids is 1. The number of amides is 1. The Kier molecular flexibility index (Phi) is 5.96. The molecule has 0 aromatic carbocycles. The average molecular weight is 406 g/mol. The number of nitrogens with zero attached hydrogens (tertiary/aromatic N) is 4. The highest BCUT2D eigenvalue weighted by Crippen LogP contribution is 2.36. The molecule has 0 bridgehead atoms. The second kappa shape index (κ2) is 8.80. The fourth-order valence-electron chi connectivity index (χ4n) is 4.53. The third-order valence-electron chi connectivity index (χ3n) is 6.18. The predicted molar refractivity (Wildman–Crippen MR) is 110 cm³/mol. The van der Waals surface area contributed by atoms with Crippen LogP contribution in [0.2, 0.25) is 0 Å². The van der Waals surface area contributed by atoms with Gasteiger partial charge in [-0.05, 0) is 55.7 Å². The van der Waals surface area contributed by atoms with E-state index in [1.807, 2.05) is 19.2 Å². The Morgan fingerprint density at radius 3 is 2.80 bits per heavy atom. The van der Waals surface area contributed by atoms with Crippen molar-refractivity contribution in [1.82, 2.24) is 14.6 Å². The molecule has 2 aromatic heterocycles. The minimum atomic E-state index is -0.193. The summed E-state index contributed by atoms with van der Waals surface area (Å²) in [6.07, 6.45) is 9.27. The molecule has 156 valence electrons. The molecule has 0 spiro atoms. The molecular formula is C23H26N4O3. The average Bonchev–Trinajstić information content (AvgIpc) is 3.26. The van der Waals surface area contributed by atoms with Gasteiger partial charge in [0.15, 0.2) is 0 Å². The maximum absolute atomic E-state index is 13.2. The molecular weight excluding hydrogens is 380 g/mol. The van der Waals surface area contributed by atoms with Gasteiger partial charge in [0.25, 0.3) is 5.56 Å². The van der Waals surface area contributed by atoms with Crippen molar-refractivity contribution >= 4 is 5.91 Å². The van der Waals surface area contributed by atoms with Gasteiger partial charge in [-0.3, -0.25) is 19.4 Å². The lowest BCUT2D eigenvalue weighted by atomic mass is 9.81. The van der Waals surface area contributed by atoms with Crippen LogP contribution in [-0.2, 0) is 16.2 Å². The van der Waals surface area contributed by atoms with E-state index in [1.54, 1.807) is 22.9 Å². The second-order valence-corrected chi connectivity index (χ2v) is 8.34. The summed E-state index contributed by atoms with van der Waals surface area (Å²) in [6.45, 7) is 3.18. The lowest BCUT2D eigenvalue weighted by molar-refractivity contribution is -0.183. The fraction of sp³-hybridized carbons (Fsp3) is 0.478. The number of nitriles is 1. The van der Waals surface area contributed by atoms with Crippen LogP contribution in [0.5, 0.6) is 0 Å². The van der Waals surface area contributed by atoms with Gasteiger partial charge in [-0.1, -0.05) is 6.07 Å². The van der Waals surface area contributed by atoms with Crippen LogP contribution in [0.25, 0.3) is 0 Å². The summed E-state index contributed by atoms with van der Waals surface area (Å²) in [5.74, 6) is 0.356. The first-order valence-corrected chi connectivity index (χ1v) is 10.5. The van der Waals surface area contributed by atoms with E-state index in [1.165, 1.54) is 11.3 Å². The van der Waals surface area contributed by atoms with Gasteiger partial charge < -0.3 is 4.57 Å². The van der Waals surface area contributed by atoms with Crippen molar-refractivity contribution in [2.24, 2.45) is 11.8 Å². The largest absolute Gasteiger partial charge is 0.315 e. The molecule has 1 aliphatic heterocycles. The predicted octanol–water partition coefficient (Wildman–Crippen LogP) is 3.14. The Morgan fingerprint density at radius 2 is 2.03 bits per heavy atom. The highest BCUT2D eigenvalue weighted by atomic mass is 16.7. The van der Waals surface area contributed by atoms with Crippen molar-refractivity contribution in [3.05, 3.63) is 63.8 Å². The molecule has 1 saturated carbocycles. The third-order valence-corrected chi connectivity index (χ3v) is 6.18. The summed E-state index contributed by atoms with van der Waals surface area (Å²) in [5, 5.41) is 10.6. The van der Waals surface area contributed by atoms with Crippen molar-refractivity contribution in [1.29, 1.82) is 5.26 Å². The molecule has 7 heteroatoms. The van der Waals surface area contributed by atoms with Crippen LogP contribution < -0.4 is 5.56 Å². The van der Waals surface area contributed by atoms with Gasteiger partial charge in [0, 0.05) is 43.5 Å². The zero-order chi connectivity index (χ0) is 21.1. The van der Waals surface area contributed by atoms with Crippen molar-refractivity contribution in [3.8, 4) is 6.07 Å². The van der Waals surface area contributed by atoms with E-state index in [0.717, 1.165) is 36.8 Å². The van der Waals surface area contributed by atoms with Gasteiger partial charge in [0.1, 0.15) is 6.07 Å². The van der Waals surface area contributed by atoms with Crippen LogP contribution in [0, 0.1) is 30.1 Å². The van der Waals surface area contributed by atoms with Gasteiger partial charge in [0.05, 0.1) is 18.2 Å². The Hall–Kier alpha value is -2.98. The molecule has 3 heterocycles. The van der Waals surface area contributed by atoms with E-state index in [2.05, 4.69) is 11.1 Å². The zero-order valence-corrected chi connectivity index (χ0v) is 17.2. The van der Waals surface area contributed by atoms with Gasteiger partial charge in [-0.25, -0.2) is 5.06 Å². The Bertz CT molecular complexity index is 1020. The molecule has 7 nitrogen and oxygen atoms in total. The van der Waals surface area contributed by atoms with E-state index in [4.69, 9.17) is 10.1 Å². The minimum absolute atomic E-state index is 0.0195. The van der Waals surface area contributed by atoms with E-state index >= 15 is 0 Å².